The highest BCUT2D eigenvalue weighted by molar-refractivity contribution is 5.99. The number of rotatable bonds is 4. The zero-order chi connectivity index (χ0) is 21.4. The largest absolute Gasteiger partial charge is 0.443 e. The van der Waals surface area contributed by atoms with E-state index in [1.54, 1.807) is 18.3 Å². The van der Waals surface area contributed by atoms with Crippen LogP contribution in [0.2, 0.25) is 0 Å². The summed E-state index contributed by atoms with van der Waals surface area (Å²) in [5.41, 5.74) is 3.65. The second kappa shape index (κ2) is 8.02. The number of aromatic nitrogens is 2. The van der Waals surface area contributed by atoms with Crippen molar-refractivity contribution in [2.75, 3.05) is 6.54 Å². The molecule has 1 aliphatic rings. The molecule has 3 heterocycles. The molecule has 0 saturated carbocycles. The van der Waals surface area contributed by atoms with Crippen LogP contribution in [0.5, 0.6) is 0 Å². The van der Waals surface area contributed by atoms with Crippen molar-refractivity contribution in [3.63, 3.8) is 0 Å². The van der Waals surface area contributed by atoms with Gasteiger partial charge in [-0.3, -0.25) is 4.79 Å². The van der Waals surface area contributed by atoms with Gasteiger partial charge in [-0.1, -0.05) is 24.3 Å². The van der Waals surface area contributed by atoms with Gasteiger partial charge in [0, 0.05) is 23.9 Å². The van der Waals surface area contributed by atoms with E-state index in [1.807, 2.05) is 36.1 Å². The van der Waals surface area contributed by atoms with E-state index in [9.17, 15) is 9.18 Å². The van der Waals surface area contributed by atoms with Crippen molar-refractivity contribution in [3.8, 4) is 0 Å². The highest BCUT2D eigenvalue weighted by Crippen LogP contribution is 2.33. The SMILES string of the molecule is Cc1cccc2[nH]c(C(=O)N3CCCC[C@H]3c3ncc(Cc4ccc(F)cc4)o3)cc12. The molecule has 1 aliphatic heterocycles. The van der Waals surface area contributed by atoms with Crippen LogP contribution in [0.25, 0.3) is 10.9 Å². The number of fused-ring (bicyclic) bond motifs is 1. The first kappa shape index (κ1) is 19.5. The van der Waals surface area contributed by atoms with Gasteiger partial charge in [0.1, 0.15) is 23.3 Å². The third-order valence-electron chi connectivity index (χ3n) is 6.02. The summed E-state index contributed by atoms with van der Waals surface area (Å²) in [5, 5.41) is 1.07. The standard InChI is InChI=1S/C25H24FN3O2/c1-16-5-4-6-21-20(16)14-22(28-21)25(30)29-12-3-2-7-23(29)24-27-15-19(31-24)13-17-8-10-18(26)11-9-17/h4-6,8-11,14-15,23,28H,2-3,7,12-13H2,1H3/t23-/m0/s1. The van der Waals surface area contributed by atoms with E-state index in [2.05, 4.69) is 9.97 Å². The van der Waals surface area contributed by atoms with Crippen molar-refractivity contribution >= 4 is 16.8 Å². The lowest BCUT2D eigenvalue weighted by atomic mass is 10.0. The van der Waals surface area contributed by atoms with E-state index < -0.39 is 0 Å². The quantitative estimate of drug-likeness (QED) is 0.473. The zero-order valence-electron chi connectivity index (χ0n) is 17.4. The van der Waals surface area contributed by atoms with Gasteiger partial charge in [0.05, 0.1) is 6.20 Å². The molecule has 0 bridgehead atoms. The first-order chi connectivity index (χ1) is 15.1. The fourth-order valence-electron chi connectivity index (χ4n) is 4.37. The monoisotopic (exact) mass is 417 g/mol. The number of H-pyrrole nitrogens is 1. The van der Waals surface area contributed by atoms with Crippen molar-refractivity contribution in [1.82, 2.24) is 14.9 Å². The van der Waals surface area contributed by atoms with Crippen molar-refractivity contribution in [3.05, 3.63) is 89.0 Å². The molecule has 1 atom stereocenters. The number of likely N-dealkylation sites (tertiary alicyclic amines) is 1. The van der Waals surface area contributed by atoms with Crippen LogP contribution < -0.4 is 0 Å². The molecule has 0 unspecified atom stereocenters. The molecular weight excluding hydrogens is 393 g/mol. The smallest absolute Gasteiger partial charge is 0.270 e. The van der Waals surface area contributed by atoms with Crippen molar-refractivity contribution in [2.24, 2.45) is 0 Å². The average molecular weight is 417 g/mol. The Morgan fingerprint density at radius 1 is 1.23 bits per heavy atom. The summed E-state index contributed by atoms with van der Waals surface area (Å²) in [7, 11) is 0. The van der Waals surface area contributed by atoms with Crippen molar-refractivity contribution < 1.29 is 13.6 Å². The van der Waals surface area contributed by atoms with Gasteiger partial charge >= 0.3 is 0 Å². The average Bonchev–Trinajstić information content (AvgIpc) is 3.43. The molecule has 1 fully saturated rings. The topological polar surface area (TPSA) is 62.1 Å². The van der Waals surface area contributed by atoms with E-state index in [-0.39, 0.29) is 17.8 Å². The predicted molar refractivity (Wildman–Crippen MR) is 116 cm³/mol. The molecule has 5 rings (SSSR count). The minimum Gasteiger partial charge on any atom is -0.443 e. The van der Waals surface area contributed by atoms with Gasteiger partial charge < -0.3 is 14.3 Å². The van der Waals surface area contributed by atoms with Gasteiger partial charge in [0.15, 0.2) is 0 Å². The summed E-state index contributed by atoms with van der Waals surface area (Å²) in [5.74, 6) is 0.988. The molecule has 158 valence electrons. The fraction of sp³-hybridized carbons (Fsp3) is 0.280. The Balaban J connectivity index is 1.39. The first-order valence-corrected chi connectivity index (χ1v) is 10.7. The predicted octanol–water partition coefficient (Wildman–Crippen LogP) is 5.56. The number of aryl methyl sites for hydroxylation is 1. The minimum atomic E-state index is -0.259. The van der Waals surface area contributed by atoms with Gasteiger partial charge in [-0.05, 0) is 61.6 Å². The van der Waals surface area contributed by atoms with Crippen LogP contribution in [0.15, 0.2) is 59.1 Å². The van der Waals surface area contributed by atoms with Crippen LogP contribution in [-0.2, 0) is 6.42 Å². The van der Waals surface area contributed by atoms with E-state index in [4.69, 9.17) is 4.42 Å². The van der Waals surface area contributed by atoms with Gasteiger partial charge in [0.2, 0.25) is 5.89 Å². The lowest BCUT2D eigenvalue weighted by Crippen LogP contribution is -2.38. The van der Waals surface area contributed by atoms with Crippen LogP contribution in [-0.4, -0.2) is 27.3 Å². The maximum Gasteiger partial charge on any atom is 0.270 e. The van der Waals surface area contributed by atoms with E-state index in [1.165, 1.54) is 12.1 Å². The number of oxazole rings is 1. The summed E-state index contributed by atoms with van der Waals surface area (Å²) in [6.45, 7) is 2.72. The maximum absolute atomic E-state index is 13.4. The first-order valence-electron chi connectivity index (χ1n) is 10.7. The van der Waals surface area contributed by atoms with Crippen molar-refractivity contribution in [2.45, 2.75) is 38.6 Å². The molecular formula is C25H24FN3O2. The zero-order valence-corrected chi connectivity index (χ0v) is 17.4. The molecule has 1 saturated heterocycles. The van der Waals surface area contributed by atoms with E-state index in [0.717, 1.165) is 41.3 Å². The number of benzene rings is 2. The van der Waals surface area contributed by atoms with Crippen molar-refractivity contribution in [1.29, 1.82) is 0 Å². The van der Waals surface area contributed by atoms with Gasteiger partial charge in [0.25, 0.3) is 5.91 Å². The number of carbonyl (C=O) groups excluding carboxylic acids is 1. The molecule has 5 nitrogen and oxygen atoms in total. The molecule has 0 aliphatic carbocycles. The number of piperidine rings is 1. The Hall–Kier alpha value is -3.41. The van der Waals surface area contributed by atoms with Crippen LogP contribution >= 0.6 is 0 Å². The van der Waals surface area contributed by atoms with Gasteiger partial charge in [-0.2, -0.15) is 0 Å². The summed E-state index contributed by atoms with van der Waals surface area (Å²) in [6, 6.07) is 14.1. The third kappa shape index (κ3) is 3.85. The van der Waals surface area contributed by atoms with Crippen LogP contribution in [0.1, 0.15) is 58.6 Å². The molecule has 0 spiro atoms. The number of halogens is 1. The lowest BCUT2D eigenvalue weighted by molar-refractivity contribution is 0.0565. The Kier molecular flexibility index (Phi) is 5.06. The number of carbonyl (C=O) groups is 1. The maximum atomic E-state index is 13.4. The molecule has 31 heavy (non-hydrogen) atoms. The summed E-state index contributed by atoms with van der Waals surface area (Å²) >= 11 is 0. The van der Waals surface area contributed by atoms with E-state index >= 15 is 0 Å². The Labute approximate surface area is 179 Å². The van der Waals surface area contributed by atoms with Gasteiger partial charge in [-0.25, -0.2) is 9.37 Å². The van der Waals surface area contributed by atoms with E-state index in [0.29, 0.717) is 30.3 Å². The molecule has 0 radical (unpaired) electrons. The number of nitrogens with one attached hydrogen (secondary N) is 1. The number of hydrogen-bond acceptors (Lipinski definition) is 3. The second-order valence-corrected chi connectivity index (χ2v) is 8.20. The second-order valence-electron chi connectivity index (χ2n) is 8.20. The molecule has 1 N–H and O–H groups in total. The number of amides is 1. The normalized spacial score (nSPS) is 16.7. The van der Waals surface area contributed by atoms with Gasteiger partial charge in [-0.15, -0.1) is 0 Å². The van der Waals surface area contributed by atoms with Crippen LogP contribution in [0.4, 0.5) is 4.39 Å². The Morgan fingerprint density at radius 2 is 2.06 bits per heavy atom. The summed E-state index contributed by atoms with van der Waals surface area (Å²) in [4.78, 5) is 23.0. The molecule has 1 amide bonds. The Morgan fingerprint density at radius 3 is 2.87 bits per heavy atom. The summed E-state index contributed by atoms with van der Waals surface area (Å²) < 4.78 is 19.2. The van der Waals surface area contributed by atoms with Crippen LogP contribution in [0, 0.1) is 12.7 Å². The van der Waals surface area contributed by atoms with Crippen LogP contribution in [0.3, 0.4) is 0 Å². The number of aromatic amines is 1. The summed E-state index contributed by atoms with van der Waals surface area (Å²) in [6.07, 6.45) is 5.06. The fourth-order valence-corrected chi connectivity index (χ4v) is 4.37. The highest BCUT2D eigenvalue weighted by atomic mass is 19.1. The molecule has 2 aromatic carbocycles. The molecule has 6 heteroatoms. The number of hydrogen-bond donors (Lipinski definition) is 1. The lowest BCUT2D eigenvalue weighted by Gasteiger charge is -2.33. The number of nitrogens with zero attached hydrogens (tertiary/aromatic N) is 2. The molecule has 2 aromatic heterocycles. The minimum absolute atomic E-state index is 0.0291. The highest BCUT2D eigenvalue weighted by Gasteiger charge is 2.32. The third-order valence-corrected chi connectivity index (χ3v) is 6.02. The molecule has 4 aromatic rings. The Bertz CT molecular complexity index is 1230.